The molecule has 0 radical (unpaired) electrons. The van der Waals surface area contributed by atoms with Crippen LogP contribution in [0, 0.1) is 13.8 Å². The zero-order chi connectivity index (χ0) is 32.9. The fraction of sp³-hybridized carbons (Fsp3) is 0.447. The van der Waals surface area contributed by atoms with Crippen molar-refractivity contribution in [3.05, 3.63) is 94.4 Å². The highest BCUT2D eigenvalue weighted by molar-refractivity contribution is 5.51. The van der Waals surface area contributed by atoms with Crippen LogP contribution in [-0.2, 0) is 26.2 Å². The van der Waals surface area contributed by atoms with Gasteiger partial charge >= 0.3 is 0 Å². The summed E-state index contributed by atoms with van der Waals surface area (Å²) >= 11 is 0. The van der Waals surface area contributed by atoms with Crippen molar-refractivity contribution in [2.75, 3.05) is 43.1 Å². The number of ether oxygens (including phenoxy) is 3. The van der Waals surface area contributed by atoms with Gasteiger partial charge < -0.3 is 34.6 Å². The third kappa shape index (κ3) is 7.50. The van der Waals surface area contributed by atoms with E-state index in [4.69, 9.17) is 24.2 Å². The smallest absolute Gasteiger partial charge is 0.213 e. The number of rotatable bonds is 7. The SMILES string of the molecule is COc1ccc(OC2CCN(c3nc4c(cc3C)CNC4)CC2)cn1.Cc1cc2c(nc1N1CCC(Oc3ccccc3)CC1)CNC2. The van der Waals surface area contributed by atoms with E-state index in [9.17, 15) is 0 Å². The van der Waals surface area contributed by atoms with E-state index in [-0.39, 0.29) is 6.10 Å². The number of methoxy groups -OCH3 is 1. The Morgan fingerprint density at radius 2 is 1.17 bits per heavy atom. The van der Waals surface area contributed by atoms with Crippen LogP contribution in [0.4, 0.5) is 11.6 Å². The zero-order valence-corrected chi connectivity index (χ0v) is 28.4. The number of fused-ring (bicyclic) bond motifs is 2. The fourth-order valence-electron chi connectivity index (χ4n) is 7.09. The molecular weight excluding hydrogens is 602 g/mol. The van der Waals surface area contributed by atoms with E-state index in [1.54, 1.807) is 13.3 Å². The second-order valence-electron chi connectivity index (χ2n) is 13.1. The van der Waals surface area contributed by atoms with Gasteiger partial charge in [-0.3, -0.25) is 0 Å². The molecule has 2 fully saturated rings. The van der Waals surface area contributed by atoms with Gasteiger partial charge in [0.1, 0.15) is 35.3 Å². The van der Waals surface area contributed by atoms with Gasteiger partial charge in [-0.05, 0) is 66.4 Å². The molecule has 4 aliphatic heterocycles. The molecule has 2 N–H and O–H groups in total. The summed E-state index contributed by atoms with van der Waals surface area (Å²) in [4.78, 5) is 18.8. The highest BCUT2D eigenvalue weighted by Gasteiger charge is 2.26. The highest BCUT2D eigenvalue weighted by atomic mass is 16.5. The maximum absolute atomic E-state index is 6.09. The van der Waals surface area contributed by atoms with Crippen molar-refractivity contribution in [2.24, 2.45) is 0 Å². The number of anilines is 2. The number of hydrogen-bond donors (Lipinski definition) is 2. The van der Waals surface area contributed by atoms with Gasteiger partial charge in [0.2, 0.25) is 5.88 Å². The Bertz CT molecular complexity index is 1670. The molecule has 0 spiro atoms. The van der Waals surface area contributed by atoms with E-state index in [1.807, 2.05) is 42.5 Å². The van der Waals surface area contributed by atoms with Gasteiger partial charge in [0.15, 0.2) is 0 Å². The molecular formula is C38H47N7O3. The highest BCUT2D eigenvalue weighted by Crippen LogP contribution is 2.29. The molecule has 0 bridgehead atoms. The number of aromatic nitrogens is 3. The number of pyridine rings is 3. The molecule has 4 aliphatic rings. The van der Waals surface area contributed by atoms with Gasteiger partial charge in [0, 0.05) is 84.1 Å². The van der Waals surface area contributed by atoms with Crippen LogP contribution in [-0.4, -0.2) is 60.4 Å². The van der Waals surface area contributed by atoms with Crippen molar-refractivity contribution in [1.82, 2.24) is 25.6 Å². The molecule has 8 rings (SSSR count). The van der Waals surface area contributed by atoms with Crippen LogP contribution in [0.3, 0.4) is 0 Å². The Labute approximate surface area is 283 Å². The van der Waals surface area contributed by atoms with E-state index < -0.39 is 0 Å². The first-order valence-electron chi connectivity index (χ1n) is 17.3. The molecule has 10 nitrogen and oxygen atoms in total. The van der Waals surface area contributed by atoms with Crippen LogP contribution in [0.15, 0.2) is 60.8 Å². The van der Waals surface area contributed by atoms with E-state index in [1.165, 1.54) is 33.6 Å². The summed E-state index contributed by atoms with van der Waals surface area (Å²) < 4.78 is 17.2. The molecule has 0 unspecified atom stereocenters. The van der Waals surface area contributed by atoms with Crippen LogP contribution in [0.5, 0.6) is 17.4 Å². The Kier molecular flexibility index (Phi) is 9.90. The van der Waals surface area contributed by atoms with Crippen molar-refractivity contribution in [2.45, 2.75) is 77.9 Å². The van der Waals surface area contributed by atoms with Crippen molar-refractivity contribution in [1.29, 1.82) is 0 Å². The second kappa shape index (κ2) is 14.8. The predicted molar refractivity (Wildman–Crippen MR) is 188 cm³/mol. The van der Waals surface area contributed by atoms with Gasteiger partial charge in [0.05, 0.1) is 24.7 Å². The van der Waals surface area contributed by atoms with E-state index in [0.29, 0.717) is 12.0 Å². The molecule has 7 heterocycles. The Balaban J connectivity index is 0.000000152. The number of hydrogen-bond acceptors (Lipinski definition) is 10. The Morgan fingerprint density at radius 1 is 0.646 bits per heavy atom. The normalized spacial score (nSPS) is 17.7. The molecule has 3 aromatic heterocycles. The fourth-order valence-corrected chi connectivity index (χ4v) is 7.09. The number of piperidine rings is 2. The van der Waals surface area contributed by atoms with Crippen LogP contribution < -0.4 is 34.6 Å². The van der Waals surface area contributed by atoms with Crippen molar-refractivity contribution < 1.29 is 14.2 Å². The van der Waals surface area contributed by atoms with Crippen molar-refractivity contribution in [3.8, 4) is 17.4 Å². The summed E-state index contributed by atoms with van der Waals surface area (Å²) in [7, 11) is 1.61. The molecule has 10 heteroatoms. The summed E-state index contributed by atoms with van der Waals surface area (Å²) in [5.74, 6) is 4.67. The molecule has 4 aromatic rings. The van der Waals surface area contributed by atoms with Crippen molar-refractivity contribution in [3.63, 3.8) is 0 Å². The summed E-state index contributed by atoms with van der Waals surface area (Å²) in [5.41, 5.74) is 7.66. The maximum Gasteiger partial charge on any atom is 0.213 e. The first kappa shape index (κ1) is 32.2. The average molecular weight is 650 g/mol. The summed E-state index contributed by atoms with van der Waals surface area (Å²) in [5, 5.41) is 6.75. The first-order chi connectivity index (χ1) is 23.5. The molecule has 0 amide bonds. The van der Waals surface area contributed by atoms with Crippen LogP contribution in [0.25, 0.3) is 0 Å². The minimum absolute atomic E-state index is 0.225. The van der Waals surface area contributed by atoms with Gasteiger partial charge in [-0.15, -0.1) is 0 Å². The number of para-hydroxylation sites is 1. The lowest BCUT2D eigenvalue weighted by atomic mass is 10.1. The van der Waals surface area contributed by atoms with Gasteiger partial charge in [-0.2, -0.15) is 0 Å². The monoisotopic (exact) mass is 649 g/mol. The first-order valence-corrected chi connectivity index (χ1v) is 17.3. The predicted octanol–water partition coefficient (Wildman–Crippen LogP) is 5.49. The maximum atomic E-state index is 6.09. The van der Waals surface area contributed by atoms with Crippen LogP contribution in [0.1, 0.15) is 59.3 Å². The van der Waals surface area contributed by atoms with E-state index in [0.717, 1.165) is 101 Å². The summed E-state index contributed by atoms with van der Waals surface area (Å²) in [6, 6.07) is 18.5. The Morgan fingerprint density at radius 3 is 1.65 bits per heavy atom. The average Bonchev–Trinajstić information content (AvgIpc) is 3.78. The van der Waals surface area contributed by atoms with Crippen LogP contribution >= 0.6 is 0 Å². The second-order valence-corrected chi connectivity index (χ2v) is 13.1. The van der Waals surface area contributed by atoms with Gasteiger partial charge in [0.25, 0.3) is 0 Å². The minimum atomic E-state index is 0.225. The lowest BCUT2D eigenvalue weighted by Gasteiger charge is -2.34. The van der Waals surface area contributed by atoms with Gasteiger partial charge in [-0.25, -0.2) is 15.0 Å². The summed E-state index contributed by atoms with van der Waals surface area (Å²) in [6.07, 6.45) is 6.33. The minimum Gasteiger partial charge on any atom is -0.490 e. The quantitative estimate of drug-likeness (QED) is 0.268. The summed E-state index contributed by atoms with van der Waals surface area (Å²) in [6.45, 7) is 12.0. The third-order valence-electron chi connectivity index (χ3n) is 9.68. The molecule has 48 heavy (non-hydrogen) atoms. The number of nitrogens with zero attached hydrogens (tertiary/aromatic N) is 5. The van der Waals surface area contributed by atoms with Crippen molar-refractivity contribution >= 4 is 11.6 Å². The van der Waals surface area contributed by atoms with Crippen LogP contribution in [0.2, 0.25) is 0 Å². The van der Waals surface area contributed by atoms with Gasteiger partial charge in [-0.1, -0.05) is 18.2 Å². The standard InChI is InChI=1S/C19H24N4O2.C19H23N3O/c1-13-9-14-10-20-12-17(14)22-19(13)23-7-5-15(6-8-23)25-16-3-4-18(24-2)21-11-16;1-14-11-15-12-20-13-18(15)21-19(14)22-9-7-17(8-10-22)23-16-5-3-2-4-6-16/h3-4,9,11,15,20H,5-8,10,12H2,1-2H3;2-6,11,17,20H,7-10,12-13H2,1H3. The molecule has 0 aliphatic carbocycles. The number of benzene rings is 1. The molecule has 0 saturated carbocycles. The van der Waals surface area contributed by atoms with E-state index >= 15 is 0 Å². The largest absolute Gasteiger partial charge is 0.490 e. The molecule has 1 aromatic carbocycles. The van der Waals surface area contributed by atoms with E-state index in [2.05, 4.69) is 51.4 Å². The number of nitrogens with one attached hydrogen (secondary N) is 2. The molecule has 0 atom stereocenters. The zero-order valence-electron chi connectivity index (χ0n) is 28.4. The lowest BCUT2D eigenvalue weighted by Crippen LogP contribution is -2.39. The molecule has 252 valence electrons. The third-order valence-corrected chi connectivity index (χ3v) is 9.68. The topological polar surface area (TPSA) is 96.9 Å². The number of aryl methyl sites for hydroxylation is 2. The lowest BCUT2D eigenvalue weighted by molar-refractivity contribution is 0.169. The Hall–Kier alpha value is -4.41. The molecule has 2 saturated heterocycles.